The van der Waals surface area contributed by atoms with Gasteiger partial charge in [0.2, 0.25) is 0 Å². The van der Waals surface area contributed by atoms with Crippen LogP contribution in [0, 0.1) is 17.3 Å². The fourth-order valence-corrected chi connectivity index (χ4v) is 8.06. The maximum Gasteiger partial charge on any atom is 0.192 e. The van der Waals surface area contributed by atoms with Crippen LogP contribution in [0.15, 0.2) is 5.16 Å². The standard InChI is InChI=1S/C25H43NO4Si/c1-22(2,3)31(5,6)29-21-10-9-19-20(8-7-18-17-24(12-13-24)30-26-18)25(27-15-16-28-25)14-11-23(19,21)4/h19-21H,7-17H2,1-6H3/t19-,20-,21-,23-/m0/s1. The molecule has 0 N–H and O–H groups in total. The second-order valence-corrected chi connectivity index (χ2v) is 17.6. The van der Waals surface area contributed by atoms with Crippen molar-refractivity contribution in [2.24, 2.45) is 22.4 Å². The van der Waals surface area contributed by atoms with E-state index in [-0.39, 0.29) is 21.8 Å². The summed E-state index contributed by atoms with van der Waals surface area (Å²) in [7, 11) is -1.80. The van der Waals surface area contributed by atoms with Gasteiger partial charge >= 0.3 is 0 Å². The monoisotopic (exact) mass is 449 g/mol. The molecule has 3 aliphatic carbocycles. The van der Waals surface area contributed by atoms with Gasteiger partial charge in [0.1, 0.15) is 5.60 Å². The lowest BCUT2D eigenvalue weighted by Gasteiger charge is -2.53. The largest absolute Gasteiger partial charge is 0.413 e. The number of hydrogen-bond donors (Lipinski definition) is 0. The number of oxime groups is 1. The van der Waals surface area contributed by atoms with Crippen LogP contribution in [0.2, 0.25) is 18.1 Å². The molecule has 5 aliphatic rings. The minimum atomic E-state index is -1.80. The van der Waals surface area contributed by atoms with Crippen molar-refractivity contribution in [1.29, 1.82) is 0 Å². The van der Waals surface area contributed by atoms with E-state index >= 15 is 0 Å². The van der Waals surface area contributed by atoms with E-state index in [4.69, 9.17) is 18.7 Å². The predicted molar refractivity (Wildman–Crippen MR) is 125 cm³/mol. The van der Waals surface area contributed by atoms with Crippen LogP contribution >= 0.6 is 0 Å². The van der Waals surface area contributed by atoms with Gasteiger partial charge in [0.15, 0.2) is 14.1 Å². The van der Waals surface area contributed by atoms with Crippen molar-refractivity contribution in [3.8, 4) is 0 Å². The zero-order valence-corrected chi connectivity index (χ0v) is 21.6. The Kier molecular flexibility index (Phi) is 5.25. The number of nitrogens with zero attached hydrogens (tertiary/aromatic N) is 1. The topological polar surface area (TPSA) is 49.3 Å². The molecule has 0 unspecified atom stereocenters. The molecule has 0 bridgehead atoms. The Morgan fingerprint density at radius 1 is 1.06 bits per heavy atom. The van der Waals surface area contributed by atoms with Gasteiger partial charge in [-0.2, -0.15) is 0 Å². The lowest BCUT2D eigenvalue weighted by Crippen LogP contribution is -2.55. The van der Waals surface area contributed by atoms with Gasteiger partial charge in [-0.25, -0.2) is 0 Å². The SMILES string of the molecule is CC(C)(C)[Si](C)(C)O[C@H]1CC[C@H]2[C@H](CCC3=NOC4(CC4)C3)C3(CC[C@]12C)OCCO3. The highest BCUT2D eigenvalue weighted by Gasteiger charge is 2.62. The molecule has 2 aliphatic heterocycles. The zero-order chi connectivity index (χ0) is 22.1. The summed E-state index contributed by atoms with van der Waals surface area (Å²) in [6.07, 6.45) is 10.4. The van der Waals surface area contributed by atoms with Gasteiger partial charge in [-0.1, -0.05) is 32.9 Å². The fourth-order valence-electron chi connectivity index (χ4n) is 6.61. The lowest BCUT2D eigenvalue weighted by molar-refractivity contribution is -0.248. The van der Waals surface area contributed by atoms with Crippen LogP contribution in [-0.2, 0) is 18.7 Å². The van der Waals surface area contributed by atoms with E-state index in [1.807, 2.05) is 0 Å². The molecule has 4 atom stereocenters. The molecule has 0 aromatic rings. The zero-order valence-electron chi connectivity index (χ0n) is 20.6. The van der Waals surface area contributed by atoms with Crippen molar-refractivity contribution >= 4 is 14.0 Å². The first kappa shape index (κ1) is 22.4. The Bertz CT molecular complexity index is 734. The molecule has 2 heterocycles. The van der Waals surface area contributed by atoms with Crippen LogP contribution in [0.25, 0.3) is 0 Å². The average Bonchev–Trinajstić information content (AvgIpc) is 3.01. The Balaban J connectivity index is 1.34. The van der Waals surface area contributed by atoms with Gasteiger partial charge in [0, 0.05) is 18.8 Å². The average molecular weight is 450 g/mol. The van der Waals surface area contributed by atoms with Gasteiger partial charge in [0.25, 0.3) is 0 Å². The first-order chi connectivity index (χ1) is 14.5. The Labute approximate surface area is 189 Å². The molecule has 5 nitrogen and oxygen atoms in total. The van der Waals surface area contributed by atoms with E-state index in [1.165, 1.54) is 31.4 Å². The van der Waals surface area contributed by atoms with Crippen molar-refractivity contribution in [3.05, 3.63) is 0 Å². The predicted octanol–water partition coefficient (Wildman–Crippen LogP) is 6.04. The number of fused-ring (bicyclic) bond motifs is 1. The van der Waals surface area contributed by atoms with Crippen molar-refractivity contribution in [3.63, 3.8) is 0 Å². The summed E-state index contributed by atoms with van der Waals surface area (Å²) >= 11 is 0. The third kappa shape index (κ3) is 3.73. The van der Waals surface area contributed by atoms with Crippen LogP contribution in [0.4, 0.5) is 0 Å². The Morgan fingerprint density at radius 2 is 1.77 bits per heavy atom. The third-order valence-corrected chi connectivity index (χ3v) is 14.3. The summed E-state index contributed by atoms with van der Waals surface area (Å²) in [4.78, 5) is 5.74. The molecule has 0 aromatic carbocycles. The molecule has 31 heavy (non-hydrogen) atoms. The number of rotatable bonds is 5. The maximum atomic E-state index is 7.06. The summed E-state index contributed by atoms with van der Waals surface area (Å²) < 4.78 is 19.8. The van der Waals surface area contributed by atoms with E-state index in [0.717, 1.165) is 45.3 Å². The van der Waals surface area contributed by atoms with Gasteiger partial charge in [0.05, 0.1) is 25.0 Å². The summed E-state index contributed by atoms with van der Waals surface area (Å²) in [5, 5.41) is 4.70. The molecule has 0 aromatic heterocycles. The summed E-state index contributed by atoms with van der Waals surface area (Å²) in [6, 6.07) is 0. The van der Waals surface area contributed by atoms with E-state index in [1.54, 1.807) is 0 Å². The van der Waals surface area contributed by atoms with Gasteiger partial charge in [-0.15, -0.1) is 0 Å². The summed E-state index contributed by atoms with van der Waals surface area (Å²) in [5.74, 6) is 0.625. The minimum Gasteiger partial charge on any atom is -0.413 e. The molecule has 2 spiro atoms. The molecular formula is C25H43NO4Si. The Morgan fingerprint density at radius 3 is 2.39 bits per heavy atom. The van der Waals surface area contributed by atoms with Crippen LogP contribution in [0.1, 0.15) is 85.5 Å². The van der Waals surface area contributed by atoms with Gasteiger partial charge in [-0.05, 0) is 74.4 Å². The first-order valence-corrected chi connectivity index (χ1v) is 15.6. The first-order valence-electron chi connectivity index (χ1n) is 12.7. The minimum absolute atomic E-state index is 0.0872. The normalized spacial score (nSPS) is 38.4. The number of hydrogen-bond acceptors (Lipinski definition) is 5. The molecule has 1 saturated heterocycles. The van der Waals surface area contributed by atoms with Crippen molar-refractivity contribution in [2.45, 2.75) is 121 Å². The fraction of sp³-hybridized carbons (Fsp3) is 0.960. The van der Waals surface area contributed by atoms with E-state index < -0.39 is 8.32 Å². The summed E-state index contributed by atoms with van der Waals surface area (Å²) in [5.41, 5.74) is 1.56. The second-order valence-electron chi connectivity index (χ2n) is 12.8. The molecular weight excluding hydrogens is 406 g/mol. The highest BCUT2D eigenvalue weighted by Crippen LogP contribution is 2.62. The van der Waals surface area contributed by atoms with Crippen LogP contribution < -0.4 is 0 Å². The van der Waals surface area contributed by atoms with Crippen LogP contribution in [0.3, 0.4) is 0 Å². The van der Waals surface area contributed by atoms with Gasteiger partial charge < -0.3 is 18.7 Å². The molecule has 0 radical (unpaired) electrons. The molecule has 5 rings (SSSR count). The summed E-state index contributed by atoms with van der Waals surface area (Å²) in [6.45, 7) is 15.8. The lowest BCUT2D eigenvalue weighted by atomic mass is 9.60. The van der Waals surface area contributed by atoms with E-state index in [9.17, 15) is 0 Å². The molecule has 6 heteroatoms. The highest BCUT2D eigenvalue weighted by atomic mass is 28.4. The van der Waals surface area contributed by atoms with Crippen molar-refractivity contribution < 1.29 is 18.7 Å². The number of ether oxygens (including phenoxy) is 2. The van der Waals surface area contributed by atoms with Gasteiger partial charge in [-0.3, -0.25) is 0 Å². The molecule has 176 valence electrons. The second kappa shape index (κ2) is 7.28. The van der Waals surface area contributed by atoms with Crippen molar-refractivity contribution in [1.82, 2.24) is 0 Å². The third-order valence-electron chi connectivity index (χ3n) is 9.85. The quantitative estimate of drug-likeness (QED) is 0.480. The molecule has 3 saturated carbocycles. The highest BCUT2D eigenvalue weighted by molar-refractivity contribution is 6.74. The Hall–Kier alpha value is -0.433. The smallest absolute Gasteiger partial charge is 0.192 e. The van der Waals surface area contributed by atoms with E-state index in [2.05, 4.69) is 45.9 Å². The maximum absolute atomic E-state index is 7.06. The van der Waals surface area contributed by atoms with E-state index in [0.29, 0.717) is 17.9 Å². The molecule has 0 amide bonds. The van der Waals surface area contributed by atoms with Crippen LogP contribution in [-0.4, -0.2) is 44.7 Å². The molecule has 4 fully saturated rings. The van der Waals surface area contributed by atoms with Crippen molar-refractivity contribution in [2.75, 3.05) is 13.2 Å². The van der Waals surface area contributed by atoms with Crippen LogP contribution in [0.5, 0.6) is 0 Å².